The second-order valence-electron chi connectivity index (χ2n) is 18.8. The number of carbonyl (C=O) groups excluding carboxylic acids is 1. The Bertz CT molecular complexity index is 1280. The van der Waals surface area contributed by atoms with Crippen molar-refractivity contribution in [2.45, 2.75) is 157 Å². The highest BCUT2D eigenvalue weighted by Gasteiger charge is 2.54. The van der Waals surface area contributed by atoms with Gasteiger partial charge in [-0.05, 0) is 104 Å². The number of carbonyl (C=O) groups is 1. The molecule has 2 aliphatic rings. The third-order valence-corrected chi connectivity index (χ3v) is 25.9. The molecule has 0 saturated heterocycles. The van der Waals surface area contributed by atoms with Gasteiger partial charge in [0, 0.05) is 12.5 Å². The molecule has 46 heavy (non-hydrogen) atoms. The summed E-state index contributed by atoms with van der Waals surface area (Å²) in [7, 11) is -5.80. The van der Waals surface area contributed by atoms with E-state index in [1.807, 2.05) is 0 Å². The van der Waals surface area contributed by atoms with E-state index in [-0.39, 0.29) is 27.5 Å². The Balaban J connectivity index is 1.98. The monoisotopic (exact) mass is 682 g/mol. The van der Waals surface area contributed by atoms with Crippen molar-refractivity contribution in [1.82, 2.24) is 0 Å². The molecule has 0 radical (unpaired) electrons. The Morgan fingerprint density at radius 2 is 1.52 bits per heavy atom. The van der Waals surface area contributed by atoms with E-state index >= 15 is 0 Å². The van der Waals surface area contributed by atoms with E-state index in [0.29, 0.717) is 17.6 Å². The normalized spacial score (nSPS) is 25.7. The summed E-state index contributed by atoms with van der Waals surface area (Å²) in [6.45, 7) is 38.4. The van der Waals surface area contributed by atoms with Gasteiger partial charge in [-0.1, -0.05) is 122 Å². The molecule has 6 heteroatoms. The van der Waals surface area contributed by atoms with Gasteiger partial charge >= 0.3 is 0 Å². The minimum Gasteiger partial charge on any atom is -0.417 e. The smallest absolute Gasteiger partial charge is 0.192 e. The molecule has 260 valence electrons. The first-order valence-electron chi connectivity index (χ1n) is 18.2. The maximum Gasteiger partial charge on any atom is 0.192 e. The van der Waals surface area contributed by atoms with E-state index in [4.69, 9.17) is 8.85 Å². The molecule has 1 aromatic carbocycles. The summed E-state index contributed by atoms with van der Waals surface area (Å²) in [5, 5.41) is 3.29. The van der Waals surface area contributed by atoms with Crippen LogP contribution in [-0.4, -0.2) is 43.2 Å². The highest BCUT2D eigenvalue weighted by molar-refractivity contribution is 6.95. The Hall–Kier alpha value is -1.06. The number of rotatable bonds is 11. The Morgan fingerprint density at radius 3 is 2.04 bits per heavy atom. The van der Waals surface area contributed by atoms with Gasteiger partial charge in [0.25, 0.3) is 0 Å². The molecule has 0 spiro atoms. The SMILES string of the molecule is CC1=C2[C@@H](O[Si](C)(C)C(C)(C)C)C[C@H](C(C)C)[C@@]2(C)CCC(C/C=C(\CCO[Si](C)(C)C(C)(C)C)[Si](C)(C)c2ccccc2)C1=O. The van der Waals surface area contributed by atoms with Crippen LogP contribution >= 0.6 is 0 Å². The molecular formula is C40H70O3Si3. The first-order valence-corrected chi connectivity index (χ1v) is 27.0. The molecule has 1 aromatic rings. The summed E-state index contributed by atoms with van der Waals surface area (Å²) >= 11 is 0. The van der Waals surface area contributed by atoms with Crippen LogP contribution in [0.3, 0.4) is 0 Å². The fourth-order valence-electron chi connectivity index (χ4n) is 7.71. The minimum absolute atomic E-state index is 0.0112. The molecule has 0 amide bonds. The number of allylic oxidation sites excluding steroid dienone is 2. The second-order valence-corrected chi connectivity index (χ2v) is 32.9. The zero-order chi connectivity index (χ0) is 35.1. The fourth-order valence-corrected chi connectivity index (χ4v) is 12.8. The van der Waals surface area contributed by atoms with E-state index < -0.39 is 24.7 Å². The molecule has 1 saturated carbocycles. The van der Waals surface area contributed by atoms with E-state index in [1.165, 1.54) is 16.0 Å². The van der Waals surface area contributed by atoms with Gasteiger partial charge in [0.05, 0.1) is 6.10 Å². The van der Waals surface area contributed by atoms with Crippen molar-refractivity contribution in [3.8, 4) is 0 Å². The highest BCUT2D eigenvalue weighted by Crippen LogP contribution is 2.58. The molecule has 0 N–H and O–H groups in total. The number of hydrogen-bond acceptors (Lipinski definition) is 3. The van der Waals surface area contributed by atoms with Gasteiger partial charge in [-0.25, -0.2) is 0 Å². The lowest BCUT2D eigenvalue weighted by Crippen LogP contribution is -2.45. The number of fused-ring (bicyclic) bond motifs is 1. The lowest BCUT2D eigenvalue weighted by atomic mass is 9.69. The average Bonchev–Trinajstić information content (AvgIpc) is 3.16. The maximum absolute atomic E-state index is 14.5. The quantitative estimate of drug-likeness (QED) is 0.218. The van der Waals surface area contributed by atoms with Gasteiger partial charge < -0.3 is 8.85 Å². The molecule has 0 aliphatic heterocycles. The Labute approximate surface area is 287 Å². The van der Waals surface area contributed by atoms with E-state index in [1.54, 1.807) is 0 Å². The van der Waals surface area contributed by atoms with Gasteiger partial charge in [0.2, 0.25) is 0 Å². The third kappa shape index (κ3) is 8.21. The molecule has 1 fully saturated rings. The van der Waals surface area contributed by atoms with Crippen LogP contribution in [0, 0.1) is 23.2 Å². The van der Waals surface area contributed by atoms with Crippen molar-refractivity contribution in [3.63, 3.8) is 0 Å². The van der Waals surface area contributed by atoms with E-state index in [0.717, 1.165) is 44.3 Å². The topological polar surface area (TPSA) is 35.5 Å². The van der Waals surface area contributed by atoms with Crippen LogP contribution in [0.5, 0.6) is 0 Å². The number of benzene rings is 1. The number of ketones is 1. The molecule has 0 heterocycles. The predicted molar refractivity (Wildman–Crippen MR) is 208 cm³/mol. The van der Waals surface area contributed by atoms with Crippen molar-refractivity contribution in [2.75, 3.05) is 6.61 Å². The highest BCUT2D eigenvalue weighted by atomic mass is 28.4. The van der Waals surface area contributed by atoms with Crippen LogP contribution in [0.25, 0.3) is 0 Å². The summed E-state index contributed by atoms with van der Waals surface area (Å²) in [4.78, 5) is 14.5. The van der Waals surface area contributed by atoms with Crippen molar-refractivity contribution in [2.24, 2.45) is 23.2 Å². The van der Waals surface area contributed by atoms with Crippen LogP contribution in [0.1, 0.15) is 101 Å². The van der Waals surface area contributed by atoms with Crippen LogP contribution in [0.15, 0.2) is 52.8 Å². The molecular weight excluding hydrogens is 613 g/mol. The molecule has 0 aromatic heterocycles. The van der Waals surface area contributed by atoms with Crippen molar-refractivity contribution in [3.05, 3.63) is 52.8 Å². The largest absolute Gasteiger partial charge is 0.417 e. The zero-order valence-corrected chi connectivity index (χ0v) is 35.7. The van der Waals surface area contributed by atoms with Crippen molar-refractivity contribution >= 4 is 35.7 Å². The molecule has 4 atom stereocenters. The van der Waals surface area contributed by atoms with Crippen molar-refractivity contribution in [1.29, 1.82) is 0 Å². The molecule has 3 nitrogen and oxygen atoms in total. The van der Waals surface area contributed by atoms with E-state index in [2.05, 4.69) is 145 Å². The summed E-state index contributed by atoms with van der Waals surface area (Å²) in [5.74, 6) is 1.46. The Morgan fingerprint density at radius 1 is 0.957 bits per heavy atom. The first kappa shape index (κ1) is 39.4. The first-order chi connectivity index (χ1) is 20.9. The summed E-state index contributed by atoms with van der Waals surface area (Å²) in [5.41, 5.74) is 2.36. The second kappa shape index (κ2) is 14.0. The van der Waals surface area contributed by atoms with Gasteiger partial charge in [0.15, 0.2) is 22.4 Å². The van der Waals surface area contributed by atoms with Crippen LogP contribution in [0.4, 0.5) is 0 Å². The van der Waals surface area contributed by atoms with Gasteiger partial charge in [-0.3, -0.25) is 4.79 Å². The van der Waals surface area contributed by atoms with Gasteiger partial charge in [0.1, 0.15) is 8.07 Å². The molecule has 2 aliphatic carbocycles. The lowest BCUT2D eigenvalue weighted by molar-refractivity contribution is -0.119. The predicted octanol–water partition coefficient (Wildman–Crippen LogP) is 11.2. The Kier molecular flexibility index (Phi) is 12.0. The molecule has 0 bridgehead atoms. The van der Waals surface area contributed by atoms with Gasteiger partial charge in [-0.15, -0.1) is 0 Å². The van der Waals surface area contributed by atoms with Gasteiger partial charge in [-0.2, -0.15) is 0 Å². The van der Waals surface area contributed by atoms with Crippen molar-refractivity contribution < 1.29 is 13.6 Å². The van der Waals surface area contributed by atoms with Crippen LogP contribution < -0.4 is 5.19 Å². The third-order valence-electron chi connectivity index (χ3n) is 13.0. The number of hydrogen-bond donors (Lipinski definition) is 0. The summed E-state index contributed by atoms with van der Waals surface area (Å²) < 4.78 is 13.9. The number of Topliss-reactive ketones (excluding diaryl/α,β-unsaturated/α-hetero) is 1. The zero-order valence-electron chi connectivity index (χ0n) is 32.7. The maximum atomic E-state index is 14.5. The standard InChI is InChI=1S/C40H70O3Si3/c1-29(2)34-28-35(43-46(15,16)39(7,8)9)36-30(3)37(41)31(24-26-40(34,36)10)22-23-33(25-27-42-45(13,14)38(4,5)6)44(11,12)32-20-18-17-19-21-32/h17-21,23,29,31,34-35H,22,24-28H2,1-16H3/b33-23+/t31?,34-,35+,40-/m1/s1. The average molecular weight is 683 g/mol. The minimum atomic E-state index is -2.01. The summed E-state index contributed by atoms with van der Waals surface area (Å²) in [6.07, 6.45) is 7.36. The molecule has 1 unspecified atom stereocenters. The van der Waals surface area contributed by atoms with E-state index in [9.17, 15) is 4.79 Å². The molecule has 3 rings (SSSR count). The van der Waals surface area contributed by atoms with Crippen LogP contribution in [-0.2, 0) is 13.6 Å². The summed E-state index contributed by atoms with van der Waals surface area (Å²) in [6, 6.07) is 11.1. The lowest BCUT2D eigenvalue weighted by Gasteiger charge is -2.40. The fraction of sp³-hybridized carbons (Fsp3) is 0.725. The van der Waals surface area contributed by atoms with Crippen LogP contribution in [0.2, 0.25) is 49.4 Å².